The molecule has 0 atom stereocenters. The van der Waals surface area contributed by atoms with E-state index in [2.05, 4.69) is 13.8 Å². The fraction of sp³-hybridized carbons (Fsp3) is 0.667. The van der Waals surface area contributed by atoms with Crippen LogP contribution in [0.2, 0.25) is 0 Å². The second-order valence-electron chi connectivity index (χ2n) is 8.36. The third-order valence-corrected chi connectivity index (χ3v) is 7.60. The van der Waals surface area contributed by atoms with E-state index in [0.29, 0.717) is 36.2 Å². The van der Waals surface area contributed by atoms with Gasteiger partial charge in [0.2, 0.25) is 10.0 Å². The molecule has 1 aliphatic heterocycles. The number of hydrogen-bond donors (Lipinski definition) is 0. The van der Waals surface area contributed by atoms with Crippen LogP contribution >= 0.6 is 0 Å². The van der Waals surface area contributed by atoms with Gasteiger partial charge in [0.15, 0.2) is 0 Å². The molecule has 1 saturated carbocycles. The molecule has 0 unspecified atom stereocenters. The van der Waals surface area contributed by atoms with Gasteiger partial charge in [-0.25, -0.2) is 8.42 Å². The number of nitrogens with zero attached hydrogens (tertiary/aromatic N) is 2. The normalized spacial score (nSPS) is 18.7. The first-order valence-corrected chi connectivity index (χ1v) is 11.7. The molecule has 0 aromatic heterocycles. The van der Waals surface area contributed by atoms with Crippen LogP contribution in [0.3, 0.4) is 0 Å². The first-order valence-electron chi connectivity index (χ1n) is 10.2. The lowest BCUT2D eigenvalue weighted by Crippen LogP contribution is -2.37. The number of piperidine rings is 1. The molecule has 1 aromatic carbocycles. The summed E-state index contributed by atoms with van der Waals surface area (Å²) >= 11 is 0. The van der Waals surface area contributed by atoms with E-state index in [1.807, 2.05) is 11.8 Å². The molecule has 2 fully saturated rings. The molecule has 0 N–H and O–H groups in total. The van der Waals surface area contributed by atoms with E-state index in [9.17, 15) is 13.2 Å². The van der Waals surface area contributed by atoms with E-state index in [4.69, 9.17) is 0 Å². The summed E-state index contributed by atoms with van der Waals surface area (Å²) in [5, 5.41) is 0. The van der Waals surface area contributed by atoms with E-state index in [0.717, 1.165) is 45.1 Å². The third kappa shape index (κ3) is 4.72. The second-order valence-corrected chi connectivity index (χ2v) is 10.3. The minimum atomic E-state index is -3.54. The van der Waals surface area contributed by atoms with Gasteiger partial charge < -0.3 is 4.90 Å². The summed E-state index contributed by atoms with van der Waals surface area (Å²) in [6, 6.07) is 5.47. The van der Waals surface area contributed by atoms with Crippen molar-refractivity contribution in [1.82, 2.24) is 9.21 Å². The first-order chi connectivity index (χ1) is 12.8. The molecule has 1 amide bonds. The summed E-state index contributed by atoms with van der Waals surface area (Å²) in [6.07, 6.45) is 5.95. The highest BCUT2D eigenvalue weighted by Gasteiger charge is 2.34. The van der Waals surface area contributed by atoms with Crippen molar-refractivity contribution in [1.29, 1.82) is 0 Å². The monoisotopic (exact) mass is 392 g/mol. The van der Waals surface area contributed by atoms with Crippen LogP contribution in [0.25, 0.3) is 0 Å². The van der Waals surface area contributed by atoms with Gasteiger partial charge in [-0.3, -0.25) is 4.79 Å². The van der Waals surface area contributed by atoms with Gasteiger partial charge in [0.1, 0.15) is 0 Å². The summed E-state index contributed by atoms with van der Waals surface area (Å²) < 4.78 is 27.8. The average Bonchev–Trinajstić information content (AvgIpc) is 3.47. The van der Waals surface area contributed by atoms with Gasteiger partial charge in [-0.1, -0.05) is 26.3 Å². The SMILES string of the molecule is Cc1ccc(C(=O)N(CCC(C)C)C2CC2)cc1S(=O)(=O)N1CCCCC1. The van der Waals surface area contributed by atoms with Gasteiger partial charge in [-0.05, 0) is 62.6 Å². The molecule has 150 valence electrons. The van der Waals surface area contributed by atoms with Crippen molar-refractivity contribution in [3.8, 4) is 0 Å². The molecule has 1 aliphatic carbocycles. The minimum absolute atomic E-state index is 0.0340. The van der Waals surface area contributed by atoms with Crippen LogP contribution in [0.4, 0.5) is 0 Å². The number of rotatable bonds is 7. The van der Waals surface area contributed by atoms with Crippen molar-refractivity contribution in [2.75, 3.05) is 19.6 Å². The van der Waals surface area contributed by atoms with Gasteiger partial charge in [-0.15, -0.1) is 0 Å². The lowest BCUT2D eigenvalue weighted by molar-refractivity contribution is 0.0735. The molecular weight excluding hydrogens is 360 g/mol. The third-order valence-electron chi connectivity index (χ3n) is 5.56. The van der Waals surface area contributed by atoms with E-state index in [1.54, 1.807) is 22.5 Å². The Morgan fingerprint density at radius 2 is 1.85 bits per heavy atom. The predicted molar refractivity (Wildman–Crippen MR) is 107 cm³/mol. The van der Waals surface area contributed by atoms with E-state index in [1.165, 1.54) is 0 Å². The highest BCUT2D eigenvalue weighted by Crippen LogP contribution is 2.30. The number of amides is 1. The fourth-order valence-electron chi connectivity index (χ4n) is 3.65. The summed E-state index contributed by atoms with van der Waals surface area (Å²) in [6.45, 7) is 8.01. The molecule has 1 heterocycles. The highest BCUT2D eigenvalue weighted by molar-refractivity contribution is 7.89. The quantitative estimate of drug-likeness (QED) is 0.709. The Labute approximate surface area is 163 Å². The molecule has 27 heavy (non-hydrogen) atoms. The van der Waals surface area contributed by atoms with Crippen LogP contribution in [-0.4, -0.2) is 49.2 Å². The number of aryl methyl sites for hydroxylation is 1. The zero-order valence-electron chi connectivity index (χ0n) is 16.8. The van der Waals surface area contributed by atoms with Crippen molar-refractivity contribution >= 4 is 15.9 Å². The van der Waals surface area contributed by atoms with E-state index < -0.39 is 10.0 Å². The molecule has 6 heteroatoms. The fourth-order valence-corrected chi connectivity index (χ4v) is 5.42. The standard InChI is InChI=1S/C21H32N2O3S/c1-16(2)11-14-23(19-9-10-19)21(24)18-8-7-17(3)20(15-18)27(25,26)22-12-5-4-6-13-22/h7-8,15-16,19H,4-6,9-14H2,1-3H3. The Kier molecular flexibility index (Phi) is 6.26. The average molecular weight is 393 g/mol. The van der Waals surface area contributed by atoms with E-state index in [-0.39, 0.29) is 10.8 Å². The van der Waals surface area contributed by atoms with Crippen molar-refractivity contribution in [2.45, 2.75) is 70.2 Å². The Bertz CT molecular complexity index is 779. The van der Waals surface area contributed by atoms with Crippen LogP contribution in [0, 0.1) is 12.8 Å². The van der Waals surface area contributed by atoms with Crippen LogP contribution in [0.1, 0.15) is 68.3 Å². The maximum absolute atomic E-state index is 13.1. The number of carbonyl (C=O) groups excluding carboxylic acids is 1. The molecule has 1 aromatic rings. The van der Waals surface area contributed by atoms with Crippen molar-refractivity contribution in [3.63, 3.8) is 0 Å². The van der Waals surface area contributed by atoms with Crippen molar-refractivity contribution < 1.29 is 13.2 Å². The molecule has 0 bridgehead atoms. The lowest BCUT2D eigenvalue weighted by Gasteiger charge is -2.27. The molecule has 1 saturated heterocycles. The van der Waals surface area contributed by atoms with Gasteiger partial charge >= 0.3 is 0 Å². The molecule has 5 nitrogen and oxygen atoms in total. The summed E-state index contributed by atoms with van der Waals surface area (Å²) in [7, 11) is -3.54. The molecule has 2 aliphatic rings. The van der Waals surface area contributed by atoms with Gasteiger partial charge in [0, 0.05) is 31.2 Å². The lowest BCUT2D eigenvalue weighted by atomic mass is 10.1. The number of carbonyl (C=O) groups is 1. The smallest absolute Gasteiger partial charge is 0.254 e. The van der Waals surface area contributed by atoms with Crippen molar-refractivity contribution in [3.05, 3.63) is 29.3 Å². The zero-order valence-corrected chi connectivity index (χ0v) is 17.6. The topological polar surface area (TPSA) is 57.7 Å². The Hall–Kier alpha value is -1.40. The Morgan fingerprint density at radius 3 is 2.44 bits per heavy atom. The van der Waals surface area contributed by atoms with Crippen LogP contribution in [0.5, 0.6) is 0 Å². The van der Waals surface area contributed by atoms with Crippen molar-refractivity contribution in [2.24, 2.45) is 5.92 Å². The minimum Gasteiger partial charge on any atom is -0.336 e. The molecular formula is C21H32N2O3S. The number of sulfonamides is 1. The molecule has 0 radical (unpaired) electrons. The highest BCUT2D eigenvalue weighted by atomic mass is 32.2. The van der Waals surface area contributed by atoms with Gasteiger partial charge in [0.25, 0.3) is 5.91 Å². The summed E-state index contributed by atoms with van der Waals surface area (Å²) in [5.41, 5.74) is 1.20. The van der Waals surface area contributed by atoms with E-state index >= 15 is 0 Å². The van der Waals surface area contributed by atoms with Crippen LogP contribution < -0.4 is 0 Å². The maximum Gasteiger partial charge on any atom is 0.254 e. The first kappa shape index (κ1) is 20.3. The van der Waals surface area contributed by atoms with Crippen LogP contribution in [0.15, 0.2) is 23.1 Å². The van der Waals surface area contributed by atoms with Gasteiger partial charge in [0.05, 0.1) is 4.90 Å². The summed E-state index contributed by atoms with van der Waals surface area (Å²) in [5.74, 6) is 0.500. The molecule has 3 rings (SSSR count). The molecule has 0 spiro atoms. The zero-order chi connectivity index (χ0) is 19.6. The van der Waals surface area contributed by atoms with Crippen LogP contribution in [-0.2, 0) is 10.0 Å². The second kappa shape index (κ2) is 8.31. The van der Waals surface area contributed by atoms with Gasteiger partial charge in [-0.2, -0.15) is 4.31 Å². The number of benzene rings is 1. The Balaban J connectivity index is 1.86. The predicted octanol–water partition coefficient (Wildman–Crippen LogP) is 3.82. The Morgan fingerprint density at radius 1 is 1.19 bits per heavy atom. The largest absolute Gasteiger partial charge is 0.336 e. The maximum atomic E-state index is 13.1. The number of hydrogen-bond acceptors (Lipinski definition) is 3. The summed E-state index contributed by atoms with van der Waals surface area (Å²) in [4.78, 5) is 15.4.